The van der Waals surface area contributed by atoms with Gasteiger partial charge in [-0.15, -0.1) is 0 Å². The van der Waals surface area contributed by atoms with Gasteiger partial charge in [-0.2, -0.15) is 0 Å². The molecule has 0 amide bonds. The number of hydrogen-bond acceptors (Lipinski definition) is 5. The van der Waals surface area contributed by atoms with Gasteiger partial charge in [-0.25, -0.2) is 24.9 Å². The molecule has 5 nitrogen and oxygen atoms in total. The van der Waals surface area contributed by atoms with Crippen LogP contribution in [0.15, 0.2) is 218 Å². The van der Waals surface area contributed by atoms with Crippen molar-refractivity contribution in [3.05, 3.63) is 224 Å². The summed E-state index contributed by atoms with van der Waals surface area (Å²) in [6, 6.07) is 81.4. The van der Waals surface area contributed by atoms with Gasteiger partial charge in [-0.3, -0.25) is 0 Å². The lowest BCUT2D eigenvalue weighted by Gasteiger charge is -2.26. The standard InChI is InChI=1S/C65H36N5/c1-6-24-52-38(15-1)33-47-43(20-11-29-57(47)66-52)61-51-37-42-19-5-10-28-56(42)70-65(51)64(46-23-14-32-60-50(46)36-41-18-4-9-27-55(41)69-60)63(45-22-13-31-59-49(45)35-40-17-3-8-26-54(40)68-59)62(61)44-21-12-30-58-48(44)34-39-16-2-7-25-53(39)67-58/h1-36H. The molecule has 0 saturated carbocycles. The second kappa shape index (κ2) is 15.0. The Balaban J connectivity index is 1.24. The average Bonchev–Trinajstić information content (AvgIpc) is 3.41. The fourth-order valence-corrected chi connectivity index (χ4v) is 11.0. The highest BCUT2D eigenvalue weighted by Crippen LogP contribution is 2.55. The van der Waals surface area contributed by atoms with Crippen molar-refractivity contribution >= 4 is 109 Å². The van der Waals surface area contributed by atoms with E-state index in [9.17, 15) is 0 Å². The first-order valence-corrected chi connectivity index (χ1v) is 23.7. The Morgan fingerprint density at radius 3 is 0.971 bits per heavy atom. The maximum absolute atomic E-state index is 5.80. The van der Waals surface area contributed by atoms with Gasteiger partial charge in [0.05, 0.1) is 55.2 Å². The van der Waals surface area contributed by atoms with Gasteiger partial charge < -0.3 is 0 Å². The van der Waals surface area contributed by atoms with Crippen molar-refractivity contribution in [3.63, 3.8) is 0 Å². The van der Waals surface area contributed by atoms with Crippen LogP contribution in [0.2, 0.25) is 0 Å². The monoisotopic (exact) mass is 886 g/mol. The van der Waals surface area contributed by atoms with E-state index in [-0.39, 0.29) is 0 Å². The predicted octanol–water partition coefficient (Wildman–Crippen LogP) is 16.7. The molecule has 0 atom stereocenters. The van der Waals surface area contributed by atoms with Crippen molar-refractivity contribution in [1.29, 1.82) is 0 Å². The van der Waals surface area contributed by atoms with Gasteiger partial charge in [0, 0.05) is 76.6 Å². The van der Waals surface area contributed by atoms with E-state index >= 15 is 0 Å². The zero-order chi connectivity index (χ0) is 45.9. The van der Waals surface area contributed by atoms with Crippen molar-refractivity contribution < 1.29 is 0 Å². The number of benzene rings is 10. The van der Waals surface area contributed by atoms with E-state index in [1.807, 2.05) is 0 Å². The molecule has 5 heteroatoms. The number of hydrogen-bond donors (Lipinski definition) is 0. The Labute approximate surface area is 401 Å². The average molecular weight is 887 g/mol. The van der Waals surface area contributed by atoms with Crippen LogP contribution >= 0.6 is 0 Å². The predicted molar refractivity (Wildman–Crippen MR) is 291 cm³/mol. The molecule has 0 bridgehead atoms. The highest BCUT2D eigenvalue weighted by molar-refractivity contribution is 6.26. The molecule has 0 aliphatic heterocycles. The summed E-state index contributed by atoms with van der Waals surface area (Å²) in [5.41, 5.74) is 17.4. The summed E-state index contributed by atoms with van der Waals surface area (Å²) >= 11 is 0. The summed E-state index contributed by atoms with van der Waals surface area (Å²) in [4.78, 5) is 27.1. The third-order valence-electron chi connectivity index (χ3n) is 14.2. The minimum absolute atomic E-state index is 0.841. The third-order valence-corrected chi connectivity index (χ3v) is 14.2. The normalized spacial score (nSPS) is 12.0. The van der Waals surface area contributed by atoms with Crippen LogP contribution in [0.3, 0.4) is 0 Å². The first kappa shape index (κ1) is 38.6. The van der Waals surface area contributed by atoms with Crippen LogP contribution in [0.1, 0.15) is 0 Å². The topological polar surface area (TPSA) is 64.5 Å². The minimum atomic E-state index is 0.841. The maximum atomic E-state index is 5.80. The van der Waals surface area contributed by atoms with Crippen LogP contribution in [0.4, 0.5) is 0 Å². The molecule has 0 spiro atoms. The summed E-state index contributed by atoms with van der Waals surface area (Å²) in [7, 11) is 0. The molecular formula is C65H36N5. The van der Waals surface area contributed by atoms with Crippen LogP contribution in [-0.2, 0) is 0 Å². The van der Waals surface area contributed by atoms with E-state index in [2.05, 4.69) is 224 Å². The van der Waals surface area contributed by atoms with Crippen LogP contribution in [0, 0.1) is 6.07 Å². The minimum Gasteiger partial charge on any atom is -0.248 e. The van der Waals surface area contributed by atoms with Gasteiger partial charge in [0.15, 0.2) is 0 Å². The zero-order valence-electron chi connectivity index (χ0n) is 37.5. The second-order valence-electron chi connectivity index (χ2n) is 18.2. The molecule has 5 heterocycles. The quantitative estimate of drug-likeness (QED) is 0.165. The summed E-state index contributed by atoms with van der Waals surface area (Å²) in [6.07, 6.45) is 0. The molecule has 0 aliphatic carbocycles. The Hall–Kier alpha value is -9.45. The number of fused-ring (bicyclic) bond motifs is 10. The Kier molecular flexibility index (Phi) is 8.29. The number of para-hydroxylation sites is 5. The summed E-state index contributed by atoms with van der Waals surface area (Å²) in [5, 5.41) is 10.3. The van der Waals surface area contributed by atoms with Crippen molar-refractivity contribution in [2.24, 2.45) is 0 Å². The first-order valence-electron chi connectivity index (χ1n) is 23.7. The third kappa shape index (κ3) is 5.88. The van der Waals surface area contributed by atoms with Crippen LogP contribution in [0.25, 0.3) is 154 Å². The van der Waals surface area contributed by atoms with E-state index in [1.54, 1.807) is 0 Å². The Bertz CT molecular complexity index is 4430. The summed E-state index contributed by atoms with van der Waals surface area (Å²) in [5.74, 6) is 0. The van der Waals surface area contributed by atoms with E-state index < -0.39 is 0 Å². The first-order chi connectivity index (χ1) is 34.7. The number of nitrogens with zero attached hydrogens (tertiary/aromatic N) is 5. The summed E-state index contributed by atoms with van der Waals surface area (Å²) in [6.45, 7) is 0. The van der Waals surface area contributed by atoms with Crippen LogP contribution < -0.4 is 0 Å². The molecule has 1 radical (unpaired) electrons. The molecule has 0 aliphatic rings. The van der Waals surface area contributed by atoms with Crippen molar-refractivity contribution in [2.75, 3.05) is 0 Å². The van der Waals surface area contributed by atoms with Crippen molar-refractivity contribution in [2.45, 2.75) is 0 Å². The SMILES string of the molecule is [c]1c2ccccc2nc2c(-c3cccc4nc5ccccc5cc34)c(-c3cccc4nc5ccccc5cc34)c(-c3cccc4nc5ccccc5cc34)c(-c3cccc4nc5ccccc5cc34)c12. The zero-order valence-corrected chi connectivity index (χ0v) is 37.5. The number of aromatic nitrogens is 5. The van der Waals surface area contributed by atoms with Crippen LogP contribution in [0.5, 0.6) is 0 Å². The molecule has 0 saturated heterocycles. The maximum Gasteiger partial charge on any atom is 0.0807 e. The fraction of sp³-hybridized carbons (Fsp3) is 0. The molecule has 70 heavy (non-hydrogen) atoms. The fourth-order valence-electron chi connectivity index (χ4n) is 11.0. The lowest BCUT2D eigenvalue weighted by atomic mass is 9.77. The molecule has 0 unspecified atom stereocenters. The van der Waals surface area contributed by atoms with Gasteiger partial charge in [-0.1, -0.05) is 140 Å². The molecule has 0 N–H and O–H groups in total. The Morgan fingerprint density at radius 1 is 0.243 bits per heavy atom. The highest BCUT2D eigenvalue weighted by Gasteiger charge is 2.29. The molecule has 321 valence electrons. The molecule has 15 aromatic rings. The molecule has 15 rings (SSSR count). The van der Waals surface area contributed by atoms with Crippen LogP contribution in [-0.4, -0.2) is 24.9 Å². The van der Waals surface area contributed by atoms with Crippen molar-refractivity contribution in [1.82, 2.24) is 24.9 Å². The van der Waals surface area contributed by atoms with Gasteiger partial charge in [0.2, 0.25) is 0 Å². The molecule has 10 aromatic carbocycles. The highest BCUT2D eigenvalue weighted by atomic mass is 14.7. The molecule has 5 aromatic heterocycles. The van der Waals surface area contributed by atoms with Gasteiger partial charge >= 0.3 is 0 Å². The smallest absolute Gasteiger partial charge is 0.0807 e. The lowest BCUT2D eigenvalue weighted by molar-refractivity contribution is 1.47. The number of rotatable bonds is 4. The lowest BCUT2D eigenvalue weighted by Crippen LogP contribution is -2.02. The van der Waals surface area contributed by atoms with E-state index in [0.29, 0.717) is 0 Å². The Morgan fingerprint density at radius 2 is 0.557 bits per heavy atom. The second-order valence-corrected chi connectivity index (χ2v) is 18.2. The molecular weight excluding hydrogens is 851 g/mol. The van der Waals surface area contributed by atoms with Gasteiger partial charge in [-0.05, 0) is 107 Å². The van der Waals surface area contributed by atoms with Gasteiger partial charge in [0.1, 0.15) is 0 Å². The summed E-state index contributed by atoms with van der Waals surface area (Å²) < 4.78 is 0. The molecule has 0 fully saturated rings. The van der Waals surface area contributed by atoms with Gasteiger partial charge in [0.25, 0.3) is 0 Å². The van der Waals surface area contributed by atoms with E-state index in [0.717, 1.165) is 154 Å². The van der Waals surface area contributed by atoms with E-state index in [1.165, 1.54) is 0 Å². The largest absolute Gasteiger partial charge is 0.248 e. The van der Waals surface area contributed by atoms with Crippen molar-refractivity contribution in [3.8, 4) is 44.5 Å². The number of pyridine rings is 5. The van der Waals surface area contributed by atoms with E-state index in [4.69, 9.17) is 24.9 Å².